The van der Waals surface area contributed by atoms with E-state index < -0.39 is 0 Å². The highest BCUT2D eigenvalue weighted by Gasteiger charge is 2.05. The summed E-state index contributed by atoms with van der Waals surface area (Å²) in [5.41, 5.74) is 4.17. The Morgan fingerprint density at radius 2 is 2.10 bits per heavy atom. The van der Waals surface area contributed by atoms with Gasteiger partial charge in [0.2, 0.25) is 5.91 Å². The fourth-order valence-corrected chi connectivity index (χ4v) is 1.62. The molecule has 0 saturated carbocycles. The molecule has 0 fully saturated rings. The molecule has 1 heterocycles. The molecule has 2 aromatic rings. The third-order valence-corrected chi connectivity index (χ3v) is 2.51. The van der Waals surface area contributed by atoms with E-state index in [4.69, 9.17) is 0 Å². The van der Waals surface area contributed by atoms with Crippen LogP contribution in [0.1, 0.15) is 22.8 Å². The van der Waals surface area contributed by atoms with Gasteiger partial charge in [-0.2, -0.15) is 5.10 Å². The van der Waals surface area contributed by atoms with Gasteiger partial charge >= 0.3 is 0 Å². The van der Waals surface area contributed by atoms with Gasteiger partial charge in [0.25, 0.3) is 5.91 Å². The average Bonchev–Trinajstić information content (AvgIpc) is 2.48. The van der Waals surface area contributed by atoms with Gasteiger partial charge in [-0.15, -0.1) is 0 Å². The van der Waals surface area contributed by atoms with Gasteiger partial charge in [0.05, 0.1) is 6.21 Å². The normalized spacial score (nSPS) is 10.3. The Morgan fingerprint density at radius 3 is 2.81 bits per heavy atom. The maximum atomic E-state index is 11.9. The number of rotatable bonds is 4. The number of carbonyl (C=O) groups excluding carboxylic acids is 2. The molecule has 6 nitrogen and oxygen atoms in total. The molecule has 6 heteroatoms. The van der Waals surface area contributed by atoms with Crippen molar-refractivity contribution >= 4 is 23.7 Å². The minimum absolute atomic E-state index is 0.192. The molecule has 0 saturated heterocycles. The topological polar surface area (TPSA) is 83.5 Å². The van der Waals surface area contributed by atoms with Crippen LogP contribution in [0.3, 0.4) is 0 Å². The molecule has 0 bridgehead atoms. The first kappa shape index (κ1) is 14.4. The van der Waals surface area contributed by atoms with Crippen LogP contribution in [0.15, 0.2) is 53.9 Å². The summed E-state index contributed by atoms with van der Waals surface area (Å²) in [6.07, 6.45) is 4.79. The third-order valence-electron chi connectivity index (χ3n) is 2.51. The summed E-state index contributed by atoms with van der Waals surface area (Å²) in [6.45, 7) is 1.41. The fraction of sp³-hybridized carbons (Fsp3) is 0.0667. The van der Waals surface area contributed by atoms with Gasteiger partial charge in [-0.3, -0.25) is 14.6 Å². The molecule has 1 aromatic carbocycles. The molecule has 0 spiro atoms. The molecule has 2 N–H and O–H groups in total. The van der Waals surface area contributed by atoms with E-state index >= 15 is 0 Å². The Labute approximate surface area is 121 Å². The molecule has 0 radical (unpaired) electrons. The molecule has 0 aliphatic heterocycles. The van der Waals surface area contributed by atoms with Gasteiger partial charge in [-0.25, -0.2) is 5.43 Å². The second kappa shape index (κ2) is 6.95. The first-order valence-corrected chi connectivity index (χ1v) is 6.26. The van der Waals surface area contributed by atoms with Gasteiger partial charge in [-0.05, 0) is 24.3 Å². The predicted octanol–water partition coefficient (Wildman–Crippen LogP) is 1.80. The van der Waals surface area contributed by atoms with Gasteiger partial charge in [-0.1, -0.05) is 12.1 Å². The summed E-state index contributed by atoms with van der Waals surface area (Å²) in [4.78, 5) is 26.8. The summed E-state index contributed by atoms with van der Waals surface area (Å²) in [7, 11) is 0. The van der Waals surface area contributed by atoms with Gasteiger partial charge in [0.15, 0.2) is 0 Å². The van der Waals surface area contributed by atoms with Crippen molar-refractivity contribution in [1.82, 2.24) is 10.4 Å². The third kappa shape index (κ3) is 4.54. The lowest BCUT2D eigenvalue weighted by Crippen LogP contribution is -2.18. The number of nitrogens with zero attached hydrogens (tertiary/aromatic N) is 2. The quantitative estimate of drug-likeness (QED) is 0.662. The number of hydrogen-bond donors (Lipinski definition) is 2. The van der Waals surface area contributed by atoms with E-state index in [0.29, 0.717) is 11.3 Å². The monoisotopic (exact) mass is 282 g/mol. The number of carbonyl (C=O) groups is 2. The maximum Gasteiger partial charge on any atom is 0.271 e. The van der Waals surface area contributed by atoms with Crippen molar-refractivity contribution in [2.45, 2.75) is 6.92 Å². The second-order valence-electron chi connectivity index (χ2n) is 4.25. The van der Waals surface area contributed by atoms with Crippen LogP contribution < -0.4 is 10.7 Å². The Balaban J connectivity index is 2.00. The van der Waals surface area contributed by atoms with E-state index in [-0.39, 0.29) is 11.8 Å². The van der Waals surface area contributed by atoms with Crippen LogP contribution in [0.5, 0.6) is 0 Å². The lowest BCUT2D eigenvalue weighted by Gasteiger charge is -2.04. The van der Waals surface area contributed by atoms with Crippen LogP contribution in [0.25, 0.3) is 0 Å². The van der Waals surface area contributed by atoms with Crippen molar-refractivity contribution in [3.8, 4) is 0 Å². The highest BCUT2D eigenvalue weighted by Crippen LogP contribution is 2.10. The Bertz CT molecular complexity index is 668. The van der Waals surface area contributed by atoms with Crippen molar-refractivity contribution in [2.24, 2.45) is 5.10 Å². The summed E-state index contributed by atoms with van der Waals surface area (Å²) < 4.78 is 0. The average molecular weight is 282 g/mol. The summed E-state index contributed by atoms with van der Waals surface area (Å²) in [5.74, 6) is -0.551. The smallest absolute Gasteiger partial charge is 0.271 e. The largest absolute Gasteiger partial charge is 0.326 e. The molecule has 21 heavy (non-hydrogen) atoms. The number of hydrazone groups is 1. The van der Waals surface area contributed by atoms with Crippen molar-refractivity contribution in [3.05, 3.63) is 59.9 Å². The first-order valence-electron chi connectivity index (χ1n) is 6.26. The summed E-state index contributed by atoms with van der Waals surface area (Å²) in [6, 6.07) is 10.2. The van der Waals surface area contributed by atoms with E-state index in [1.54, 1.807) is 42.7 Å². The number of benzene rings is 1. The minimum atomic E-state index is -0.359. The molecule has 0 unspecified atom stereocenters. The van der Waals surface area contributed by atoms with E-state index in [9.17, 15) is 9.59 Å². The van der Waals surface area contributed by atoms with Crippen molar-refractivity contribution < 1.29 is 9.59 Å². The molecule has 0 aliphatic carbocycles. The number of amides is 2. The van der Waals surface area contributed by atoms with Crippen molar-refractivity contribution in [2.75, 3.05) is 5.32 Å². The highest BCUT2D eigenvalue weighted by molar-refractivity contribution is 5.97. The zero-order chi connectivity index (χ0) is 15.1. The summed E-state index contributed by atoms with van der Waals surface area (Å²) in [5, 5.41) is 6.47. The van der Waals surface area contributed by atoms with E-state index in [1.807, 2.05) is 6.07 Å². The van der Waals surface area contributed by atoms with Crippen LogP contribution in [-0.2, 0) is 4.79 Å². The Morgan fingerprint density at radius 1 is 1.24 bits per heavy atom. The molecular weight excluding hydrogens is 268 g/mol. The zero-order valence-corrected chi connectivity index (χ0v) is 11.4. The van der Waals surface area contributed by atoms with Crippen LogP contribution >= 0.6 is 0 Å². The highest BCUT2D eigenvalue weighted by atomic mass is 16.2. The number of nitrogens with one attached hydrogen (secondary N) is 2. The Kier molecular flexibility index (Phi) is 4.76. The SMILES string of the molecule is CC(=O)Nc1cccc(C(=O)N/N=C/c2cccnc2)c1. The fourth-order valence-electron chi connectivity index (χ4n) is 1.62. The van der Waals surface area contributed by atoms with Gasteiger partial charge < -0.3 is 5.32 Å². The second-order valence-corrected chi connectivity index (χ2v) is 4.25. The van der Waals surface area contributed by atoms with Crippen molar-refractivity contribution in [3.63, 3.8) is 0 Å². The zero-order valence-electron chi connectivity index (χ0n) is 11.4. The van der Waals surface area contributed by atoms with Crippen LogP contribution in [0.4, 0.5) is 5.69 Å². The van der Waals surface area contributed by atoms with Crippen LogP contribution in [0.2, 0.25) is 0 Å². The molecule has 1 aromatic heterocycles. The van der Waals surface area contributed by atoms with E-state index in [1.165, 1.54) is 13.1 Å². The van der Waals surface area contributed by atoms with Crippen LogP contribution in [0, 0.1) is 0 Å². The Hall–Kier alpha value is -3.02. The summed E-state index contributed by atoms with van der Waals surface area (Å²) >= 11 is 0. The number of anilines is 1. The molecule has 2 rings (SSSR count). The number of hydrogen-bond acceptors (Lipinski definition) is 4. The number of aromatic nitrogens is 1. The molecule has 0 aliphatic rings. The lowest BCUT2D eigenvalue weighted by atomic mass is 10.2. The number of pyridine rings is 1. The van der Waals surface area contributed by atoms with Crippen molar-refractivity contribution in [1.29, 1.82) is 0 Å². The van der Waals surface area contributed by atoms with Gasteiger partial charge in [0, 0.05) is 36.1 Å². The van der Waals surface area contributed by atoms with E-state index in [2.05, 4.69) is 20.8 Å². The van der Waals surface area contributed by atoms with E-state index in [0.717, 1.165) is 5.56 Å². The predicted molar refractivity (Wildman–Crippen MR) is 80.0 cm³/mol. The lowest BCUT2D eigenvalue weighted by molar-refractivity contribution is -0.114. The maximum absolute atomic E-state index is 11.9. The minimum Gasteiger partial charge on any atom is -0.326 e. The standard InChI is InChI=1S/C15H14N4O2/c1-11(20)18-14-6-2-5-13(8-14)15(21)19-17-10-12-4-3-7-16-9-12/h2-10H,1H3,(H,18,20)(H,19,21)/b17-10+. The molecular formula is C15H14N4O2. The molecule has 0 atom stereocenters. The van der Waals surface area contributed by atoms with Gasteiger partial charge in [0.1, 0.15) is 0 Å². The molecule has 106 valence electrons. The van der Waals surface area contributed by atoms with Crippen LogP contribution in [-0.4, -0.2) is 23.0 Å². The first-order chi connectivity index (χ1) is 10.1. The molecule has 2 amide bonds.